The van der Waals surface area contributed by atoms with Crippen LogP contribution in [0.5, 0.6) is 0 Å². The molecule has 0 atom stereocenters. The predicted octanol–water partition coefficient (Wildman–Crippen LogP) is 3.22. The molecule has 0 aliphatic rings. The summed E-state index contributed by atoms with van der Waals surface area (Å²) in [6.07, 6.45) is 2.18. The Morgan fingerprint density at radius 2 is 1.85 bits per heavy atom. The van der Waals surface area contributed by atoms with Crippen molar-refractivity contribution in [2.24, 2.45) is 0 Å². The summed E-state index contributed by atoms with van der Waals surface area (Å²) in [4.78, 5) is 28.6. The fourth-order valence-electron chi connectivity index (χ4n) is 2.36. The third-order valence-electron chi connectivity index (χ3n) is 3.90. The molecule has 0 aliphatic carbocycles. The van der Waals surface area contributed by atoms with E-state index in [2.05, 4.69) is 29.5 Å². The largest absolute Gasteiger partial charge is 0.385 e. The third-order valence-corrected chi connectivity index (χ3v) is 3.90. The van der Waals surface area contributed by atoms with Crippen LogP contribution in [0.2, 0.25) is 0 Å². The minimum absolute atomic E-state index is 0.213. The molecule has 2 N–H and O–H groups in total. The summed E-state index contributed by atoms with van der Waals surface area (Å²) in [6.45, 7) is 5.30. The third kappa shape index (κ3) is 5.67. The van der Waals surface area contributed by atoms with Crippen LogP contribution in [0.4, 0.5) is 5.69 Å². The molecular formula is C20H25N3O3. The Labute approximate surface area is 154 Å². The number of ether oxygens (including phenoxy) is 1. The maximum Gasteiger partial charge on any atom is 0.269 e. The van der Waals surface area contributed by atoms with Crippen LogP contribution in [-0.4, -0.2) is 37.1 Å². The Balaban J connectivity index is 1.99. The summed E-state index contributed by atoms with van der Waals surface area (Å²) in [5, 5.41) is 5.59. The summed E-state index contributed by atoms with van der Waals surface area (Å²) in [6, 6.07) is 10.8. The second kappa shape index (κ2) is 9.68. The van der Waals surface area contributed by atoms with Crippen molar-refractivity contribution in [3.05, 3.63) is 59.4 Å². The maximum absolute atomic E-state index is 12.4. The van der Waals surface area contributed by atoms with Crippen molar-refractivity contribution in [3.63, 3.8) is 0 Å². The molecule has 26 heavy (non-hydrogen) atoms. The monoisotopic (exact) mass is 355 g/mol. The maximum atomic E-state index is 12.4. The Hall–Kier alpha value is -2.73. The number of pyridine rings is 1. The molecule has 1 heterocycles. The zero-order valence-electron chi connectivity index (χ0n) is 15.4. The Morgan fingerprint density at radius 1 is 1.12 bits per heavy atom. The fraction of sp³-hybridized carbons (Fsp3) is 0.350. The molecule has 0 spiro atoms. The molecule has 6 nitrogen and oxygen atoms in total. The lowest BCUT2D eigenvalue weighted by molar-refractivity contribution is 0.0943. The zero-order valence-corrected chi connectivity index (χ0v) is 15.4. The van der Waals surface area contributed by atoms with Gasteiger partial charge in [0.15, 0.2) is 0 Å². The highest BCUT2D eigenvalue weighted by Crippen LogP contribution is 2.17. The van der Waals surface area contributed by atoms with Crippen LogP contribution in [0.1, 0.15) is 52.6 Å². The summed E-state index contributed by atoms with van der Waals surface area (Å²) in [5.74, 6) is -0.153. The molecule has 2 amide bonds. The van der Waals surface area contributed by atoms with Crippen molar-refractivity contribution in [2.45, 2.75) is 26.2 Å². The van der Waals surface area contributed by atoms with E-state index >= 15 is 0 Å². The fourth-order valence-corrected chi connectivity index (χ4v) is 2.36. The van der Waals surface area contributed by atoms with Gasteiger partial charge in [0.2, 0.25) is 0 Å². The van der Waals surface area contributed by atoms with Crippen LogP contribution in [0.3, 0.4) is 0 Å². The van der Waals surface area contributed by atoms with E-state index in [-0.39, 0.29) is 17.5 Å². The van der Waals surface area contributed by atoms with E-state index in [4.69, 9.17) is 4.74 Å². The van der Waals surface area contributed by atoms with Gasteiger partial charge in [-0.25, -0.2) is 0 Å². The first-order valence-corrected chi connectivity index (χ1v) is 8.65. The van der Waals surface area contributed by atoms with E-state index in [1.54, 1.807) is 13.2 Å². The van der Waals surface area contributed by atoms with Crippen molar-refractivity contribution in [3.8, 4) is 0 Å². The Kier molecular flexibility index (Phi) is 7.29. The van der Waals surface area contributed by atoms with E-state index in [1.807, 2.05) is 24.3 Å². The summed E-state index contributed by atoms with van der Waals surface area (Å²) in [7, 11) is 1.61. The summed E-state index contributed by atoms with van der Waals surface area (Å²) in [5.41, 5.74) is 2.52. The van der Waals surface area contributed by atoms with Crippen LogP contribution >= 0.6 is 0 Å². The van der Waals surface area contributed by atoms with E-state index < -0.39 is 0 Å². The van der Waals surface area contributed by atoms with Gasteiger partial charge in [-0.1, -0.05) is 26.0 Å². The van der Waals surface area contributed by atoms with Crippen molar-refractivity contribution < 1.29 is 14.3 Å². The molecule has 1 aromatic carbocycles. The first kappa shape index (κ1) is 19.6. The summed E-state index contributed by atoms with van der Waals surface area (Å²) < 4.78 is 4.94. The van der Waals surface area contributed by atoms with Gasteiger partial charge >= 0.3 is 0 Å². The van der Waals surface area contributed by atoms with Crippen molar-refractivity contribution >= 4 is 17.5 Å². The molecule has 0 radical (unpaired) electrons. The smallest absolute Gasteiger partial charge is 0.269 e. The van der Waals surface area contributed by atoms with Gasteiger partial charge in [0.1, 0.15) is 5.69 Å². The number of hydrogen-bond acceptors (Lipinski definition) is 4. The number of amides is 2. The molecule has 0 saturated heterocycles. The molecule has 2 rings (SSSR count). The lowest BCUT2D eigenvalue weighted by Crippen LogP contribution is -2.26. The molecular weight excluding hydrogens is 330 g/mol. The second-order valence-corrected chi connectivity index (χ2v) is 6.26. The molecule has 0 bridgehead atoms. The number of hydrogen-bond donors (Lipinski definition) is 2. The first-order valence-electron chi connectivity index (χ1n) is 8.65. The number of nitrogens with one attached hydrogen (secondary N) is 2. The Morgan fingerprint density at radius 3 is 2.50 bits per heavy atom. The highest BCUT2D eigenvalue weighted by molar-refractivity contribution is 6.05. The van der Waals surface area contributed by atoms with Crippen molar-refractivity contribution in [2.75, 3.05) is 25.6 Å². The van der Waals surface area contributed by atoms with Crippen LogP contribution < -0.4 is 10.6 Å². The average Bonchev–Trinajstić information content (AvgIpc) is 2.65. The molecule has 1 aromatic heterocycles. The minimum atomic E-state index is -0.308. The molecule has 0 saturated carbocycles. The van der Waals surface area contributed by atoms with E-state index in [0.29, 0.717) is 30.3 Å². The van der Waals surface area contributed by atoms with Crippen LogP contribution in [0, 0.1) is 0 Å². The second-order valence-electron chi connectivity index (χ2n) is 6.26. The van der Waals surface area contributed by atoms with E-state index in [9.17, 15) is 9.59 Å². The van der Waals surface area contributed by atoms with E-state index in [0.717, 1.165) is 6.42 Å². The average molecular weight is 355 g/mol. The van der Waals surface area contributed by atoms with Gasteiger partial charge in [0.05, 0.1) is 0 Å². The number of benzene rings is 1. The van der Waals surface area contributed by atoms with Crippen LogP contribution in [-0.2, 0) is 4.74 Å². The number of anilines is 1. The van der Waals surface area contributed by atoms with Gasteiger partial charge in [-0.3, -0.25) is 14.6 Å². The number of aromatic nitrogens is 1. The van der Waals surface area contributed by atoms with Gasteiger partial charge in [-0.2, -0.15) is 0 Å². The predicted molar refractivity (Wildman–Crippen MR) is 102 cm³/mol. The highest BCUT2D eigenvalue weighted by atomic mass is 16.5. The summed E-state index contributed by atoms with van der Waals surface area (Å²) >= 11 is 0. The molecule has 0 fully saturated rings. The number of carbonyl (C=O) groups is 2. The topological polar surface area (TPSA) is 80.3 Å². The van der Waals surface area contributed by atoms with Crippen LogP contribution in [0.25, 0.3) is 0 Å². The van der Waals surface area contributed by atoms with Gasteiger partial charge < -0.3 is 15.4 Å². The lowest BCUT2D eigenvalue weighted by Gasteiger charge is -2.09. The number of methoxy groups -OCH3 is 1. The van der Waals surface area contributed by atoms with Gasteiger partial charge in [0.25, 0.3) is 11.8 Å². The molecule has 138 valence electrons. The first-order chi connectivity index (χ1) is 12.5. The van der Waals surface area contributed by atoms with Crippen LogP contribution in [0.15, 0.2) is 42.6 Å². The SMILES string of the molecule is COCCCNC(=O)c1cc(C(=O)Nc2ccc(C(C)C)cc2)ccn1. The zero-order chi connectivity index (χ0) is 18.9. The molecule has 6 heteroatoms. The normalized spacial score (nSPS) is 10.6. The minimum Gasteiger partial charge on any atom is -0.385 e. The Bertz CT molecular complexity index is 742. The number of carbonyl (C=O) groups excluding carboxylic acids is 2. The number of nitrogens with zero attached hydrogens (tertiary/aromatic N) is 1. The van der Waals surface area contributed by atoms with Gasteiger partial charge in [-0.05, 0) is 42.2 Å². The molecule has 2 aromatic rings. The number of rotatable bonds is 8. The van der Waals surface area contributed by atoms with Gasteiger partial charge in [-0.15, -0.1) is 0 Å². The quantitative estimate of drug-likeness (QED) is 0.713. The van der Waals surface area contributed by atoms with Crippen molar-refractivity contribution in [1.82, 2.24) is 10.3 Å². The highest BCUT2D eigenvalue weighted by Gasteiger charge is 2.12. The molecule has 0 aliphatic heterocycles. The van der Waals surface area contributed by atoms with Gasteiger partial charge in [0, 0.05) is 37.7 Å². The van der Waals surface area contributed by atoms with Crippen molar-refractivity contribution in [1.29, 1.82) is 0 Å². The lowest BCUT2D eigenvalue weighted by atomic mass is 10.0. The van der Waals surface area contributed by atoms with E-state index in [1.165, 1.54) is 17.8 Å². The molecule has 0 unspecified atom stereocenters. The standard InChI is InChI=1S/C20H25N3O3/c1-14(2)15-5-7-17(8-6-15)23-19(24)16-9-11-21-18(13-16)20(25)22-10-4-12-26-3/h5-9,11,13-14H,4,10,12H2,1-3H3,(H,22,25)(H,23,24).